The second kappa shape index (κ2) is 9.83. The molecule has 2 aliphatic rings. The van der Waals surface area contributed by atoms with Crippen LogP contribution in [-0.4, -0.2) is 28.9 Å². The van der Waals surface area contributed by atoms with Gasteiger partial charge >= 0.3 is 6.36 Å². The molecule has 4 rings (SSSR count). The van der Waals surface area contributed by atoms with E-state index in [4.69, 9.17) is 5.73 Å². The molecule has 2 aliphatic carbocycles. The minimum atomic E-state index is -4.78. The summed E-state index contributed by atoms with van der Waals surface area (Å²) < 4.78 is 42.0. The number of aromatic nitrogens is 2. The molecule has 4 N–H and O–H groups in total. The number of hydrogen-bond acceptors (Lipinski definition) is 7. The van der Waals surface area contributed by atoms with Crippen LogP contribution < -0.4 is 21.1 Å². The number of anilines is 2. The molecule has 10 heteroatoms. The zero-order valence-corrected chi connectivity index (χ0v) is 18.1. The normalized spacial score (nSPS) is 24.6. The van der Waals surface area contributed by atoms with Gasteiger partial charge in [0, 0.05) is 24.7 Å². The third kappa shape index (κ3) is 5.85. The smallest absolute Gasteiger partial charge is 0.405 e. The van der Waals surface area contributed by atoms with Gasteiger partial charge in [-0.2, -0.15) is 10.2 Å². The molecule has 2 aromatic rings. The van der Waals surface area contributed by atoms with E-state index in [9.17, 15) is 18.4 Å². The van der Waals surface area contributed by atoms with E-state index in [1.807, 2.05) is 0 Å². The SMILES string of the molecule is N#Cc1cnc(NCc2ccccc2OC(F)(F)F)nc1NCC1C[C@H]2CCC[C@@H](C1)[C@@H]2N. The minimum absolute atomic E-state index is 0.0292. The van der Waals surface area contributed by atoms with Crippen molar-refractivity contribution in [1.29, 1.82) is 5.26 Å². The van der Waals surface area contributed by atoms with Crippen molar-refractivity contribution in [2.45, 2.75) is 51.1 Å². The topological polar surface area (TPSA) is 109 Å². The van der Waals surface area contributed by atoms with Gasteiger partial charge in [-0.1, -0.05) is 24.6 Å². The summed E-state index contributed by atoms with van der Waals surface area (Å²) in [5.74, 6) is 1.91. The third-order valence-electron chi connectivity index (χ3n) is 6.61. The summed E-state index contributed by atoms with van der Waals surface area (Å²) in [5.41, 5.74) is 7.00. The Kier molecular flexibility index (Phi) is 6.88. The lowest BCUT2D eigenvalue weighted by molar-refractivity contribution is -0.274. The van der Waals surface area contributed by atoms with Gasteiger partial charge in [-0.25, -0.2) is 4.98 Å². The second-order valence-electron chi connectivity index (χ2n) is 8.82. The van der Waals surface area contributed by atoms with Crippen LogP contribution in [0.5, 0.6) is 5.75 Å². The first-order chi connectivity index (χ1) is 15.8. The van der Waals surface area contributed by atoms with E-state index in [1.54, 1.807) is 6.07 Å². The van der Waals surface area contributed by atoms with Crippen LogP contribution in [0.15, 0.2) is 30.5 Å². The number of fused-ring (bicyclic) bond motifs is 2. The van der Waals surface area contributed by atoms with E-state index in [2.05, 4.69) is 31.4 Å². The predicted octanol–water partition coefficient (Wildman–Crippen LogP) is 4.42. The molecule has 176 valence electrons. The molecule has 2 fully saturated rings. The first kappa shape index (κ1) is 23.1. The summed E-state index contributed by atoms with van der Waals surface area (Å²) >= 11 is 0. The van der Waals surface area contributed by atoms with Gasteiger partial charge in [0.25, 0.3) is 0 Å². The molecular weight excluding hydrogens is 433 g/mol. The van der Waals surface area contributed by atoms with Crippen LogP contribution in [0.1, 0.15) is 43.2 Å². The van der Waals surface area contributed by atoms with Gasteiger partial charge in [-0.05, 0) is 49.5 Å². The van der Waals surface area contributed by atoms with Gasteiger partial charge in [-0.15, -0.1) is 13.2 Å². The molecule has 0 amide bonds. The number of nitrogens with zero attached hydrogens (tertiary/aromatic N) is 3. The fraction of sp³-hybridized carbons (Fsp3) is 0.522. The molecule has 1 unspecified atom stereocenters. The summed E-state index contributed by atoms with van der Waals surface area (Å²) in [5, 5.41) is 15.6. The summed E-state index contributed by atoms with van der Waals surface area (Å²) in [6.07, 6.45) is 2.37. The van der Waals surface area contributed by atoms with Gasteiger partial charge in [0.15, 0.2) is 0 Å². The molecule has 2 bridgehead atoms. The molecule has 2 saturated carbocycles. The number of para-hydroxylation sites is 1. The van der Waals surface area contributed by atoms with Crippen molar-refractivity contribution in [3.05, 3.63) is 41.6 Å². The summed E-state index contributed by atoms with van der Waals surface area (Å²) in [6, 6.07) is 8.26. The van der Waals surface area contributed by atoms with Gasteiger partial charge < -0.3 is 21.1 Å². The Morgan fingerprint density at radius 1 is 1.15 bits per heavy atom. The van der Waals surface area contributed by atoms with Crippen LogP contribution in [-0.2, 0) is 6.54 Å². The van der Waals surface area contributed by atoms with Crippen molar-refractivity contribution in [1.82, 2.24) is 9.97 Å². The highest BCUT2D eigenvalue weighted by Gasteiger charge is 2.38. The van der Waals surface area contributed by atoms with Crippen molar-refractivity contribution >= 4 is 11.8 Å². The monoisotopic (exact) mass is 460 g/mol. The Morgan fingerprint density at radius 2 is 1.88 bits per heavy atom. The summed E-state index contributed by atoms with van der Waals surface area (Å²) in [6.45, 7) is 0.717. The molecule has 0 aliphatic heterocycles. The maximum atomic E-state index is 12.6. The Balaban J connectivity index is 1.40. The predicted molar refractivity (Wildman–Crippen MR) is 117 cm³/mol. The number of benzene rings is 1. The highest BCUT2D eigenvalue weighted by molar-refractivity contribution is 5.53. The summed E-state index contributed by atoms with van der Waals surface area (Å²) in [7, 11) is 0. The molecular formula is C23H27F3N6O. The van der Waals surface area contributed by atoms with E-state index in [0.717, 1.165) is 12.8 Å². The Hall–Kier alpha value is -3.06. The van der Waals surface area contributed by atoms with Gasteiger partial charge in [0.2, 0.25) is 5.95 Å². The lowest BCUT2D eigenvalue weighted by Gasteiger charge is -2.44. The van der Waals surface area contributed by atoms with Crippen LogP contribution in [0.3, 0.4) is 0 Å². The number of halogens is 3. The van der Waals surface area contributed by atoms with E-state index in [1.165, 1.54) is 43.7 Å². The Morgan fingerprint density at radius 3 is 2.58 bits per heavy atom. The third-order valence-corrected chi connectivity index (χ3v) is 6.61. The molecule has 7 nitrogen and oxygen atoms in total. The lowest BCUT2D eigenvalue weighted by atomic mass is 9.65. The first-order valence-electron chi connectivity index (χ1n) is 11.2. The standard InChI is InChI=1S/C23H27F3N6O/c24-23(25,26)33-19-7-2-1-4-17(19)12-30-22-31-13-18(10-27)21(32-22)29-11-14-8-15-5-3-6-16(9-14)20(15)28/h1-2,4,7,13-16,20H,3,5-6,8-9,11-12,28H2,(H2,29,30,31,32)/t14?,15-,16+,20-. The average Bonchev–Trinajstić information content (AvgIpc) is 2.76. The maximum absolute atomic E-state index is 12.6. The number of nitrogens with one attached hydrogen (secondary N) is 2. The van der Waals surface area contributed by atoms with Crippen molar-refractivity contribution in [2.24, 2.45) is 23.5 Å². The van der Waals surface area contributed by atoms with Crippen LogP contribution in [0.4, 0.5) is 24.9 Å². The first-order valence-corrected chi connectivity index (χ1v) is 11.2. The van der Waals surface area contributed by atoms with E-state index >= 15 is 0 Å². The maximum Gasteiger partial charge on any atom is 0.573 e. The number of ether oxygens (including phenoxy) is 1. The molecule has 0 spiro atoms. The van der Waals surface area contributed by atoms with Crippen LogP contribution >= 0.6 is 0 Å². The van der Waals surface area contributed by atoms with Crippen molar-refractivity contribution in [3.63, 3.8) is 0 Å². The van der Waals surface area contributed by atoms with E-state index < -0.39 is 6.36 Å². The zero-order valence-electron chi connectivity index (χ0n) is 18.1. The zero-order chi connectivity index (χ0) is 23.4. The summed E-state index contributed by atoms with van der Waals surface area (Å²) in [4.78, 5) is 8.51. The van der Waals surface area contributed by atoms with Gasteiger partial charge in [0.1, 0.15) is 23.2 Å². The quantitative estimate of drug-likeness (QED) is 0.561. The van der Waals surface area contributed by atoms with E-state index in [-0.39, 0.29) is 18.2 Å². The molecule has 4 atom stereocenters. The van der Waals surface area contributed by atoms with E-state index in [0.29, 0.717) is 47.3 Å². The van der Waals surface area contributed by atoms with Crippen LogP contribution in [0.2, 0.25) is 0 Å². The minimum Gasteiger partial charge on any atom is -0.405 e. The largest absolute Gasteiger partial charge is 0.573 e. The van der Waals surface area contributed by atoms with Crippen molar-refractivity contribution in [2.75, 3.05) is 17.2 Å². The lowest BCUT2D eigenvalue weighted by Crippen LogP contribution is -2.47. The molecule has 0 radical (unpaired) electrons. The average molecular weight is 461 g/mol. The highest BCUT2D eigenvalue weighted by atomic mass is 19.4. The molecule has 1 aromatic carbocycles. The fourth-order valence-corrected chi connectivity index (χ4v) is 5.05. The van der Waals surface area contributed by atoms with Crippen molar-refractivity contribution in [3.8, 4) is 11.8 Å². The number of rotatable bonds is 7. The number of alkyl halides is 3. The van der Waals surface area contributed by atoms with Crippen molar-refractivity contribution < 1.29 is 17.9 Å². The second-order valence-corrected chi connectivity index (χ2v) is 8.82. The number of nitrogens with two attached hydrogens (primary N) is 1. The highest BCUT2D eigenvalue weighted by Crippen LogP contribution is 2.41. The van der Waals surface area contributed by atoms with Crippen LogP contribution in [0.25, 0.3) is 0 Å². The fourth-order valence-electron chi connectivity index (χ4n) is 5.05. The number of hydrogen-bond donors (Lipinski definition) is 3. The molecule has 1 heterocycles. The molecule has 0 saturated heterocycles. The van der Waals surface area contributed by atoms with Gasteiger partial charge in [0.05, 0.1) is 6.20 Å². The molecule has 33 heavy (non-hydrogen) atoms. The molecule has 1 aromatic heterocycles. The van der Waals surface area contributed by atoms with Gasteiger partial charge in [-0.3, -0.25) is 0 Å². The Labute approximate surface area is 190 Å². The Bertz CT molecular complexity index is 994. The number of nitriles is 1. The van der Waals surface area contributed by atoms with Crippen LogP contribution in [0, 0.1) is 29.1 Å².